The van der Waals surface area contributed by atoms with Gasteiger partial charge in [0, 0.05) is 62.8 Å². The van der Waals surface area contributed by atoms with Crippen molar-refractivity contribution >= 4 is 34.5 Å². The molecule has 2 heterocycles. The summed E-state index contributed by atoms with van der Waals surface area (Å²) in [6.45, 7) is 8.42. The number of piperazine rings is 1. The zero-order valence-corrected chi connectivity index (χ0v) is 23.1. The lowest BCUT2D eigenvalue weighted by atomic mass is 10.1. The third kappa shape index (κ3) is 7.04. The number of anilines is 1. The van der Waals surface area contributed by atoms with Gasteiger partial charge in [-0.1, -0.05) is 12.1 Å². The zero-order chi connectivity index (χ0) is 29.2. The second-order valence-electron chi connectivity index (χ2n) is 11.0. The van der Waals surface area contributed by atoms with E-state index in [0.717, 1.165) is 36.7 Å². The van der Waals surface area contributed by atoms with Gasteiger partial charge in [-0.15, -0.1) is 0 Å². The molecule has 2 fully saturated rings. The van der Waals surface area contributed by atoms with Crippen LogP contribution in [0.4, 0.5) is 20.6 Å². The minimum atomic E-state index is -1.08. The van der Waals surface area contributed by atoms with Gasteiger partial charge in [-0.25, -0.2) is 14.2 Å². The number of rotatable bonds is 5. The molecule has 2 aliphatic rings. The highest BCUT2D eigenvalue weighted by Crippen LogP contribution is 2.40. The Bertz CT molecular complexity index is 1400. The highest BCUT2D eigenvalue weighted by molar-refractivity contribution is 5.81. The minimum absolute atomic E-state index is 0.0490. The van der Waals surface area contributed by atoms with Gasteiger partial charge in [-0.2, -0.15) is 0 Å². The normalized spacial score (nSPS) is 15.4. The Morgan fingerprint density at radius 2 is 1.70 bits per heavy atom. The first kappa shape index (κ1) is 28.8. The number of aliphatic carboxylic acids is 1. The van der Waals surface area contributed by atoms with Gasteiger partial charge in [-0.05, 0) is 52.2 Å². The number of non-ortho nitro benzene ring substituents is 1. The lowest BCUT2D eigenvalue weighted by molar-refractivity contribution is -0.384. The van der Waals surface area contributed by atoms with Gasteiger partial charge in [0.05, 0.1) is 21.6 Å². The van der Waals surface area contributed by atoms with Crippen molar-refractivity contribution in [1.29, 1.82) is 0 Å². The Labute approximate surface area is 231 Å². The van der Waals surface area contributed by atoms with Gasteiger partial charge in [0.2, 0.25) is 0 Å². The molecule has 0 bridgehead atoms. The largest absolute Gasteiger partial charge is 0.550 e. The first-order chi connectivity index (χ1) is 18.8. The second-order valence-corrected chi connectivity index (χ2v) is 11.0. The van der Waals surface area contributed by atoms with E-state index in [0.29, 0.717) is 49.8 Å². The van der Waals surface area contributed by atoms with Crippen LogP contribution in [-0.2, 0) is 16.0 Å². The SMILES string of the molecule is CC(=O)[O-].CC(C)(C)OC(=O)N1CCN(c2cc3c(cc2F)nc(Cc2ccc([N+](=O)[O-])cc2)n3C2CC2)CC1. The number of benzene rings is 2. The molecule has 1 saturated heterocycles. The number of amides is 1. The number of nitro groups is 1. The monoisotopic (exact) mass is 554 g/mol. The van der Waals surface area contributed by atoms with E-state index < -0.39 is 16.5 Å². The molecule has 1 aromatic heterocycles. The number of carboxylic acid groups (broad SMARTS) is 1. The molecule has 1 saturated carbocycles. The molecule has 0 unspecified atom stereocenters. The summed E-state index contributed by atoms with van der Waals surface area (Å²) in [6.07, 6.45) is 2.25. The third-order valence-electron chi connectivity index (χ3n) is 6.52. The van der Waals surface area contributed by atoms with Crippen LogP contribution in [0.5, 0.6) is 0 Å². The lowest BCUT2D eigenvalue weighted by Gasteiger charge is -2.36. The standard InChI is InChI=1S/C26H30FN5O4.C2H4O2/c1-26(2,3)36-25(33)30-12-10-29(11-13-30)22-16-23-21(15-20(22)27)28-24(31(23)18-8-9-18)14-17-4-6-19(7-5-17)32(34)35;1-2(3)4/h4-7,15-16,18H,8-14H2,1-3H3;1H3,(H,3,4)/p-1. The van der Waals surface area contributed by atoms with Crippen LogP contribution in [0.15, 0.2) is 36.4 Å². The quantitative estimate of drug-likeness (QED) is 0.343. The van der Waals surface area contributed by atoms with Gasteiger partial charge in [0.1, 0.15) is 17.2 Å². The number of nitrogens with zero attached hydrogens (tertiary/aromatic N) is 5. The molecule has 12 heteroatoms. The van der Waals surface area contributed by atoms with Gasteiger partial charge >= 0.3 is 6.09 Å². The molecule has 11 nitrogen and oxygen atoms in total. The van der Waals surface area contributed by atoms with Crippen LogP contribution in [0.1, 0.15) is 58.0 Å². The van der Waals surface area contributed by atoms with Crippen LogP contribution in [0.25, 0.3) is 11.0 Å². The Morgan fingerprint density at radius 1 is 1.10 bits per heavy atom. The molecule has 1 amide bonds. The molecule has 0 atom stereocenters. The van der Waals surface area contributed by atoms with Crippen LogP contribution in [0, 0.1) is 15.9 Å². The number of nitro benzene ring substituents is 1. The van der Waals surface area contributed by atoms with E-state index in [4.69, 9.17) is 19.6 Å². The number of hydrogen-bond donors (Lipinski definition) is 0. The van der Waals surface area contributed by atoms with E-state index in [1.54, 1.807) is 17.0 Å². The van der Waals surface area contributed by atoms with Crippen LogP contribution in [0.3, 0.4) is 0 Å². The summed E-state index contributed by atoms with van der Waals surface area (Å²) in [7, 11) is 0. The molecule has 5 rings (SSSR count). The number of aromatic nitrogens is 2. The summed E-state index contributed by atoms with van der Waals surface area (Å²) in [4.78, 5) is 40.2. The summed E-state index contributed by atoms with van der Waals surface area (Å²) < 4.78 is 22.9. The van der Waals surface area contributed by atoms with Crippen molar-refractivity contribution in [2.24, 2.45) is 0 Å². The Hall–Kier alpha value is -4.22. The molecular formula is C28H33FN5O6-. The molecule has 0 N–H and O–H groups in total. The molecule has 214 valence electrons. The van der Waals surface area contributed by atoms with Gasteiger partial charge in [0.15, 0.2) is 0 Å². The van der Waals surface area contributed by atoms with Crippen molar-refractivity contribution in [3.8, 4) is 0 Å². The predicted molar refractivity (Wildman–Crippen MR) is 145 cm³/mol. The summed E-state index contributed by atoms with van der Waals surface area (Å²) in [5.74, 6) is -0.594. The Balaban J connectivity index is 0.000000867. The highest BCUT2D eigenvalue weighted by atomic mass is 19.1. The van der Waals surface area contributed by atoms with Crippen LogP contribution >= 0.6 is 0 Å². The fourth-order valence-electron chi connectivity index (χ4n) is 4.64. The maximum Gasteiger partial charge on any atom is 0.410 e. The summed E-state index contributed by atoms with van der Waals surface area (Å²) in [6, 6.07) is 10.2. The average molecular weight is 555 g/mol. The number of fused-ring (bicyclic) bond motifs is 1. The summed E-state index contributed by atoms with van der Waals surface area (Å²) in [5.41, 5.74) is 2.41. The number of halogens is 1. The number of ether oxygens (including phenoxy) is 1. The van der Waals surface area contributed by atoms with E-state index in [-0.39, 0.29) is 17.6 Å². The number of carbonyl (C=O) groups is 2. The number of hydrogen-bond acceptors (Lipinski definition) is 8. The molecule has 0 spiro atoms. The molecular weight excluding hydrogens is 521 g/mol. The number of carboxylic acids is 1. The van der Waals surface area contributed by atoms with Crippen molar-refractivity contribution in [2.45, 2.75) is 58.6 Å². The van der Waals surface area contributed by atoms with Crippen LogP contribution in [0.2, 0.25) is 0 Å². The van der Waals surface area contributed by atoms with Crippen LogP contribution < -0.4 is 10.0 Å². The van der Waals surface area contributed by atoms with Gasteiger partial charge in [-0.3, -0.25) is 10.1 Å². The van der Waals surface area contributed by atoms with Crippen molar-refractivity contribution in [1.82, 2.24) is 14.5 Å². The zero-order valence-electron chi connectivity index (χ0n) is 23.1. The first-order valence-electron chi connectivity index (χ1n) is 13.2. The molecule has 1 aliphatic carbocycles. The molecule has 2 aromatic carbocycles. The average Bonchev–Trinajstić information content (AvgIpc) is 3.64. The van der Waals surface area contributed by atoms with E-state index >= 15 is 4.39 Å². The second kappa shape index (κ2) is 11.5. The molecule has 3 aromatic rings. The van der Waals surface area contributed by atoms with Crippen molar-refractivity contribution < 1.29 is 28.7 Å². The van der Waals surface area contributed by atoms with Crippen LogP contribution in [-0.4, -0.2) is 63.2 Å². The fraction of sp³-hybridized carbons (Fsp3) is 0.464. The minimum Gasteiger partial charge on any atom is -0.550 e. The number of imidazole rings is 1. The van der Waals surface area contributed by atoms with Crippen molar-refractivity contribution in [3.63, 3.8) is 0 Å². The van der Waals surface area contributed by atoms with Crippen molar-refractivity contribution in [2.75, 3.05) is 31.1 Å². The molecule has 1 aliphatic heterocycles. The first-order valence-corrected chi connectivity index (χ1v) is 13.2. The van der Waals surface area contributed by atoms with Gasteiger partial charge in [0.25, 0.3) is 5.69 Å². The van der Waals surface area contributed by atoms with Gasteiger partial charge < -0.3 is 29.0 Å². The number of carbonyl (C=O) groups excluding carboxylic acids is 2. The van der Waals surface area contributed by atoms with Crippen molar-refractivity contribution in [3.05, 3.63) is 63.7 Å². The molecule has 0 radical (unpaired) electrons. The predicted octanol–water partition coefficient (Wildman–Crippen LogP) is 3.82. The fourth-order valence-corrected chi connectivity index (χ4v) is 4.64. The lowest BCUT2D eigenvalue weighted by Crippen LogP contribution is -2.50. The summed E-state index contributed by atoms with van der Waals surface area (Å²) in [5, 5.41) is 19.9. The topological polar surface area (TPSA) is 134 Å². The maximum atomic E-state index is 15.2. The highest BCUT2D eigenvalue weighted by Gasteiger charge is 2.31. The maximum absolute atomic E-state index is 15.2. The molecule has 40 heavy (non-hydrogen) atoms. The Kier molecular flexibility index (Phi) is 8.26. The van der Waals surface area contributed by atoms with E-state index in [9.17, 15) is 14.9 Å². The van der Waals surface area contributed by atoms with E-state index in [1.165, 1.54) is 18.2 Å². The third-order valence-corrected chi connectivity index (χ3v) is 6.52. The smallest absolute Gasteiger partial charge is 0.410 e. The van der Waals surface area contributed by atoms with E-state index in [1.807, 2.05) is 31.7 Å². The van der Waals surface area contributed by atoms with E-state index in [2.05, 4.69) is 4.57 Å². The summed E-state index contributed by atoms with van der Waals surface area (Å²) >= 11 is 0. The Morgan fingerprint density at radius 3 is 2.23 bits per heavy atom.